The van der Waals surface area contributed by atoms with Crippen molar-refractivity contribution in [3.05, 3.63) is 23.8 Å². The van der Waals surface area contributed by atoms with E-state index in [9.17, 15) is 4.79 Å². The Morgan fingerprint density at radius 1 is 0.846 bits per heavy atom. The zero-order valence-electron chi connectivity index (χ0n) is 16.6. The van der Waals surface area contributed by atoms with Crippen LogP contribution in [0.25, 0.3) is 0 Å². The molecule has 0 radical (unpaired) electrons. The van der Waals surface area contributed by atoms with Crippen molar-refractivity contribution in [1.82, 2.24) is 0 Å². The minimum Gasteiger partial charge on any atom is -0.493 e. The van der Waals surface area contributed by atoms with Gasteiger partial charge in [-0.05, 0) is 24.6 Å². The predicted octanol–water partition coefficient (Wildman–Crippen LogP) is 6.47. The molecule has 1 aromatic rings. The number of unbranched alkanes of at least 4 members (excludes halogenated alkanes) is 11. The molecule has 26 heavy (non-hydrogen) atoms. The van der Waals surface area contributed by atoms with Crippen molar-refractivity contribution >= 4 is 5.97 Å². The summed E-state index contributed by atoms with van der Waals surface area (Å²) in [5.41, 5.74) is 0.218. The second-order valence-electron chi connectivity index (χ2n) is 6.91. The van der Waals surface area contributed by atoms with Gasteiger partial charge in [0.25, 0.3) is 0 Å². The quantitative estimate of drug-likeness (QED) is 0.341. The van der Waals surface area contributed by atoms with Gasteiger partial charge >= 0.3 is 5.97 Å². The summed E-state index contributed by atoms with van der Waals surface area (Å²) in [4.78, 5) is 11.0. The fourth-order valence-electron chi connectivity index (χ4n) is 3.05. The first-order valence-electron chi connectivity index (χ1n) is 10.2. The Bertz CT molecular complexity index is 499. The van der Waals surface area contributed by atoms with Gasteiger partial charge in [-0.3, -0.25) is 0 Å². The van der Waals surface area contributed by atoms with Crippen molar-refractivity contribution in [3.63, 3.8) is 0 Å². The number of carboxylic acids is 1. The topological polar surface area (TPSA) is 55.8 Å². The highest BCUT2D eigenvalue weighted by Crippen LogP contribution is 2.28. The average Bonchev–Trinajstić information content (AvgIpc) is 2.65. The van der Waals surface area contributed by atoms with Crippen molar-refractivity contribution < 1.29 is 19.4 Å². The SMILES string of the molecule is CCCCCCCCCCCCCCOc1cc(C(=O)O)ccc1OC. The van der Waals surface area contributed by atoms with Crippen LogP contribution in [-0.2, 0) is 0 Å². The third kappa shape index (κ3) is 9.69. The second kappa shape index (κ2) is 14.5. The van der Waals surface area contributed by atoms with Crippen LogP contribution in [0.1, 0.15) is 94.3 Å². The molecule has 0 fully saturated rings. The smallest absolute Gasteiger partial charge is 0.335 e. The zero-order valence-corrected chi connectivity index (χ0v) is 16.6. The fraction of sp³-hybridized carbons (Fsp3) is 0.682. The lowest BCUT2D eigenvalue weighted by atomic mass is 10.1. The summed E-state index contributed by atoms with van der Waals surface area (Å²) >= 11 is 0. The first-order valence-corrected chi connectivity index (χ1v) is 10.2. The molecule has 1 aromatic carbocycles. The van der Waals surface area contributed by atoms with E-state index in [1.54, 1.807) is 13.2 Å². The van der Waals surface area contributed by atoms with Crippen LogP contribution in [0.3, 0.4) is 0 Å². The van der Waals surface area contributed by atoms with Crippen LogP contribution in [-0.4, -0.2) is 24.8 Å². The maximum absolute atomic E-state index is 11.0. The molecule has 0 saturated carbocycles. The summed E-state index contributed by atoms with van der Waals surface area (Å²) in [6.45, 7) is 2.85. The molecule has 1 N–H and O–H groups in total. The van der Waals surface area contributed by atoms with Crippen molar-refractivity contribution in [3.8, 4) is 11.5 Å². The van der Waals surface area contributed by atoms with Gasteiger partial charge in [0.15, 0.2) is 11.5 Å². The monoisotopic (exact) mass is 364 g/mol. The lowest BCUT2D eigenvalue weighted by Gasteiger charge is -2.11. The third-order valence-corrected chi connectivity index (χ3v) is 4.67. The molecule has 148 valence electrons. The van der Waals surface area contributed by atoms with Crippen LogP contribution in [0.4, 0.5) is 0 Å². The Hall–Kier alpha value is -1.71. The number of carbonyl (C=O) groups is 1. The van der Waals surface area contributed by atoms with E-state index in [0.29, 0.717) is 18.1 Å². The summed E-state index contributed by atoms with van der Waals surface area (Å²) in [5.74, 6) is 0.132. The van der Waals surface area contributed by atoms with E-state index in [1.165, 1.54) is 76.3 Å². The molecular weight excluding hydrogens is 328 g/mol. The molecule has 0 atom stereocenters. The van der Waals surface area contributed by atoms with Crippen molar-refractivity contribution in [2.75, 3.05) is 13.7 Å². The average molecular weight is 365 g/mol. The lowest BCUT2D eigenvalue weighted by Crippen LogP contribution is -2.02. The predicted molar refractivity (Wildman–Crippen MR) is 107 cm³/mol. The Kier molecular flexibility index (Phi) is 12.4. The Morgan fingerprint density at radius 3 is 1.88 bits per heavy atom. The highest BCUT2D eigenvalue weighted by Gasteiger charge is 2.09. The van der Waals surface area contributed by atoms with Gasteiger partial charge in [0.2, 0.25) is 0 Å². The number of ether oxygens (including phenoxy) is 2. The van der Waals surface area contributed by atoms with E-state index in [1.807, 2.05) is 0 Å². The first kappa shape index (κ1) is 22.3. The highest BCUT2D eigenvalue weighted by atomic mass is 16.5. The number of methoxy groups -OCH3 is 1. The molecular formula is C22H36O4. The molecule has 0 amide bonds. The Balaban J connectivity index is 2.05. The van der Waals surface area contributed by atoms with E-state index in [4.69, 9.17) is 14.6 Å². The van der Waals surface area contributed by atoms with Crippen LogP contribution in [0.5, 0.6) is 11.5 Å². The van der Waals surface area contributed by atoms with E-state index in [-0.39, 0.29) is 5.56 Å². The minimum atomic E-state index is -0.956. The number of benzene rings is 1. The molecule has 4 heteroatoms. The summed E-state index contributed by atoms with van der Waals surface area (Å²) in [6.07, 6.45) is 15.7. The largest absolute Gasteiger partial charge is 0.493 e. The summed E-state index contributed by atoms with van der Waals surface area (Å²) in [7, 11) is 1.56. The van der Waals surface area contributed by atoms with E-state index >= 15 is 0 Å². The van der Waals surface area contributed by atoms with Gasteiger partial charge < -0.3 is 14.6 Å². The van der Waals surface area contributed by atoms with Gasteiger partial charge in [-0.15, -0.1) is 0 Å². The standard InChI is InChI=1S/C22H36O4/c1-3-4-5-6-7-8-9-10-11-12-13-14-17-26-21-18-19(22(23)24)15-16-20(21)25-2/h15-16,18H,3-14,17H2,1-2H3,(H,23,24). The number of rotatable bonds is 16. The van der Waals surface area contributed by atoms with Crippen molar-refractivity contribution in [2.45, 2.75) is 84.0 Å². The maximum atomic E-state index is 11.0. The minimum absolute atomic E-state index is 0.218. The molecule has 0 bridgehead atoms. The molecule has 0 aromatic heterocycles. The summed E-state index contributed by atoms with van der Waals surface area (Å²) in [6, 6.07) is 4.69. The van der Waals surface area contributed by atoms with Crippen LogP contribution in [0, 0.1) is 0 Å². The molecule has 0 spiro atoms. The molecule has 0 aliphatic carbocycles. The zero-order chi connectivity index (χ0) is 19.0. The van der Waals surface area contributed by atoms with Gasteiger partial charge in [-0.25, -0.2) is 4.79 Å². The van der Waals surface area contributed by atoms with Gasteiger partial charge in [0, 0.05) is 0 Å². The summed E-state index contributed by atoms with van der Waals surface area (Å²) < 4.78 is 10.9. The highest BCUT2D eigenvalue weighted by molar-refractivity contribution is 5.88. The van der Waals surface area contributed by atoms with E-state index in [2.05, 4.69) is 6.92 Å². The van der Waals surface area contributed by atoms with E-state index < -0.39 is 5.97 Å². The number of aromatic carboxylic acids is 1. The normalized spacial score (nSPS) is 10.7. The van der Waals surface area contributed by atoms with Gasteiger partial charge in [-0.2, -0.15) is 0 Å². The first-order chi connectivity index (χ1) is 12.7. The number of hydrogen-bond donors (Lipinski definition) is 1. The van der Waals surface area contributed by atoms with Gasteiger partial charge in [0.05, 0.1) is 19.3 Å². The van der Waals surface area contributed by atoms with Gasteiger partial charge in [0.1, 0.15) is 0 Å². The molecule has 4 nitrogen and oxygen atoms in total. The third-order valence-electron chi connectivity index (χ3n) is 4.67. The number of hydrogen-bond acceptors (Lipinski definition) is 3. The van der Waals surface area contributed by atoms with Crippen LogP contribution < -0.4 is 9.47 Å². The lowest BCUT2D eigenvalue weighted by molar-refractivity contribution is 0.0696. The molecule has 0 aliphatic heterocycles. The van der Waals surface area contributed by atoms with Crippen LogP contribution >= 0.6 is 0 Å². The second-order valence-corrected chi connectivity index (χ2v) is 6.91. The molecule has 0 unspecified atom stereocenters. The molecule has 1 rings (SSSR count). The summed E-state index contributed by atoms with van der Waals surface area (Å²) in [5, 5.41) is 9.06. The Labute approximate surface area is 158 Å². The molecule has 0 aliphatic rings. The van der Waals surface area contributed by atoms with Crippen molar-refractivity contribution in [1.29, 1.82) is 0 Å². The fourth-order valence-corrected chi connectivity index (χ4v) is 3.05. The number of carboxylic acid groups (broad SMARTS) is 1. The van der Waals surface area contributed by atoms with Crippen LogP contribution in [0.2, 0.25) is 0 Å². The van der Waals surface area contributed by atoms with Gasteiger partial charge in [-0.1, -0.05) is 77.6 Å². The van der Waals surface area contributed by atoms with Crippen LogP contribution in [0.15, 0.2) is 18.2 Å². The molecule has 0 heterocycles. The molecule has 0 saturated heterocycles. The Morgan fingerprint density at radius 2 is 1.38 bits per heavy atom. The van der Waals surface area contributed by atoms with Crippen molar-refractivity contribution in [2.24, 2.45) is 0 Å². The van der Waals surface area contributed by atoms with E-state index in [0.717, 1.165) is 12.8 Å². The maximum Gasteiger partial charge on any atom is 0.335 e.